The van der Waals surface area contributed by atoms with Crippen LogP contribution in [0.25, 0.3) is 49.7 Å². The lowest BCUT2D eigenvalue weighted by Gasteiger charge is -2.13. The van der Waals surface area contributed by atoms with Crippen molar-refractivity contribution in [3.63, 3.8) is 0 Å². The highest BCUT2D eigenvalue weighted by atomic mass is 15.0. The monoisotopic (exact) mass is 409 g/mol. The van der Waals surface area contributed by atoms with Crippen molar-refractivity contribution in [3.05, 3.63) is 127 Å². The van der Waals surface area contributed by atoms with Crippen LogP contribution in [0.3, 0.4) is 0 Å². The molecule has 1 heteroatoms. The summed E-state index contributed by atoms with van der Waals surface area (Å²) in [6.45, 7) is 2.15. The molecule has 0 bridgehead atoms. The zero-order chi connectivity index (χ0) is 21.5. The second kappa shape index (κ2) is 7.55. The fourth-order valence-corrected chi connectivity index (χ4v) is 4.76. The van der Waals surface area contributed by atoms with Crippen molar-refractivity contribution in [1.82, 2.24) is 4.57 Å². The van der Waals surface area contributed by atoms with Gasteiger partial charge in [0.2, 0.25) is 0 Å². The summed E-state index contributed by atoms with van der Waals surface area (Å²) in [4.78, 5) is 0. The first kappa shape index (κ1) is 18.7. The zero-order valence-corrected chi connectivity index (χ0v) is 18.0. The van der Waals surface area contributed by atoms with Gasteiger partial charge in [-0.3, -0.25) is 0 Å². The van der Waals surface area contributed by atoms with E-state index in [1.165, 1.54) is 55.3 Å². The van der Waals surface area contributed by atoms with E-state index in [1.807, 2.05) is 0 Å². The van der Waals surface area contributed by atoms with E-state index in [0.29, 0.717) is 0 Å². The highest BCUT2D eigenvalue weighted by Crippen LogP contribution is 2.38. The molecule has 0 aliphatic heterocycles. The molecule has 1 nitrogen and oxygen atoms in total. The SMILES string of the molecule is Cc1cccc(-n2c3ccccc3c3cccc(-c4ccc(-c5ccccc5)cc4)c32)c1. The van der Waals surface area contributed by atoms with Gasteiger partial charge in [-0.2, -0.15) is 0 Å². The molecule has 5 aromatic carbocycles. The summed E-state index contributed by atoms with van der Waals surface area (Å²) in [5.41, 5.74) is 9.91. The fourth-order valence-electron chi connectivity index (χ4n) is 4.76. The smallest absolute Gasteiger partial charge is 0.0619 e. The number of para-hydroxylation sites is 2. The highest BCUT2D eigenvalue weighted by molar-refractivity contribution is 6.13. The Hall–Kier alpha value is -4.10. The molecule has 0 saturated carbocycles. The Labute approximate surface area is 188 Å². The minimum absolute atomic E-state index is 1.20. The maximum absolute atomic E-state index is 2.41. The average molecular weight is 410 g/mol. The van der Waals surface area contributed by atoms with E-state index in [1.54, 1.807) is 0 Å². The van der Waals surface area contributed by atoms with Crippen molar-refractivity contribution in [3.8, 4) is 27.9 Å². The third-order valence-corrected chi connectivity index (χ3v) is 6.26. The molecule has 1 heterocycles. The lowest BCUT2D eigenvalue weighted by molar-refractivity contribution is 1.17. The normalized spacial score (nSPS) is 11.3. The van der Waals surface area contributed by atoms with E-state index in [-0.39, 0.29) is 0 Å². The number of aromatic nitrogens is 1. The van der Waals surface area contributed by atoms with Crippen LogP contribution in [-0.4, -0.2) is 4.57 Å². The molecule has 6 aromatic rings. The first-order valence-electron chi connectivity index (χ1n) is 11.0. The van der Waals surface area contributed by atoms with E-state index in [2.05, 4.69) is 133 Å². The standard InChI is InChI=1S/C31H23N/c1-22-9-7-12-26(21-22)32-30-16-6-5-13-28(30)29-15-8-14-27(31(29)32)25-19-17-24(18-20-25)23-10-3-2-4-11-23/h2-21H,1H3. The molecule has 0 aliphatic rings. The van der Waals surface area contributed by atoms with Gasteiger partial charge in [-0.15, -0.1) is 0 Å². The van der Waals surface area contributed by atoms with Crippen molar-refractivity contribution < 1.29 is 0 Å². The highest BCUT2D eigenvalue weighted by Gasteiger charge is 2.16. The van der Waals surface area contributed by atoms with E-state index in [4.69, 9.17) is 0 Å². The summed E-state index contributed by atoms with van der Waals surface area (Å²) in [6, 6.07) is 43.6. The molecule has 152 valence electrons. The van der Waals surface area contributed by atoms with Gasteiger partial charge in [-0.1, -0.05) is 103 Å². The number of hydrogen-bond donors (Lipinski definition) is 0. The third-order valence-electron chi connectivity index (χ3n) is 6.26. The minimum atomic E-state index is 1.20. The number of hydrogen-bond acceptors (Lipinski definition) is 0. The maximum Gasteiger partial charge on any atom is 0.0619 e. The predicted octanol–water partition coefficient (Wildman–Crippen LogP) is 8.43. The van der Waals surface area contributed by atoms with Crippen LogP contribution < -0.4 is 0 Å². The van der Waals surface area contributed by atoms with Crippen LogP contribution >= 0.6 is 0 Å². The van der Waals surface area contributed by atoms with Gasteiger partial charge in [0.1, 0.15) is 0 Å². The molecule has 0 N–H and O–H groups in total. The van der Waals surface area contributed by atoms with E-state index < -0.39 is 0 Å². The van der Waals surface area contributed by atoms with Crippen LogP contribution in [0.15, 0.2) is 121 Å². The first-order valence-corrected chi connectivity index (χ1v) is 11.0. The van der Waals surface area contributed by atoms with Crippen molar-refractivity contribution in [1.29, 1.82) is 0 Å². The van der Waals surface area contributed by atoms with Crippen molar-refractivity contribution in [2.24, 2.45) is 0 Å². The van der Waals surface area contributed by atoms with Crippen LogP contribution in [0.1, 0.15) is 5.56 Å². The molecule has 0 spiro atoms. The molecular formula is C31H23N. The van der Waals surface area contributed by atoms with Crippen LogP contribution in [-0.2, 0) is 0 Å². The van der Waals surface area contributed by atoms with Gasteiger partial charge in [0.05, 0.1) is 11.0 Å². The van der Waals surface area contributed by atoms with Crippen molar-refractivity contribution in [2.45, 2.75) is 6.92 Å². The second-order valence-electron chi connectivity index (χ2n) is 8.34. The van der Waals surface area contributed by atoms with Gasteiger partial charge in [0.25, 0.3) is 0 Å². The Morgan fingerprint density at radius 2 is 1.16 bits per heavy atom. The van der Waals surface area contributed by atoms with Gasteiger partial charge in [0.15, 0.2) is 0 Å². The third kappa shape index (κ3) is 3.02. The lowest BCUT2D eigenvalue weighted by atomic mass is 9.98. The predicted molar refractivity (Wildman–Crippen MR) is 136 cm³/mol. The van der Waals surface area contributed by atoms with Gasteiger partial charge < -0.3 is 4.57 Å². The van der Waals surface area contributed by atoms with Gasteiger partial charge in [0, 0.05) is 22.0 Å². The summed E-state index contributed by atoms with van der Waals surface area (Å²) in [6.07, 6.45) is 0. The summed E-state index contributed by atoms with van der Waals surface area (Å²) in [5, 5.41) is 2.57. The van der Waals surface area contributed by atoms with E-state index in [9.17, 15) is 0 Å². The van der Waals surface area contributed by atoms with Crippen molar-refractivity contribution >= 4 is 21.8 Å². The topological polar surface area (TPSA) is 4.93 Å². The number of fused-ring (bicyclic) bond motifs is 3. The van der Waals surface area contributed by atoms with Gasteiger partial charge >= 0.3 is 0 Å². The molecule has 6 rings (SSSR count). The Kier molecular flexibility index (Phi) is 4.40. The molecule has 0 atom stereocenters. The van der Waals surface area contributed by atoms with Crippen LogP contribution in [0, 0.1) is 6.92 Å². The Bertz CT molecular complexity index is 1550. The van der Waals surface area contributed by atoms with Crippen molar-refractivity contribution in [2.75, 3.05) is 0 Å². The van der Waals surface area contributed by atoms with Gasteiger partial charge in [-0.25, -0.2) is 0 Å². The summed E-state index contributed by atoms with van der Waals surface area (Å²) in [5.74, 6) is 0. The Morgan fingerprint density at radius 1 is 0.500 bits per heavy atom. The number of aryl methyl sites for hydroxylation is 1. The zero-order valence-electron chi connectivity index (χ0n) is 18.0. The van der Waals surface area contributed by atoms with E-state index in [0.717, 1.165) is 0 Å². The first-order chi connectivity index (χ1) is 15.8. The molecule has 0 fully saturated rings. The lowest BCUT2D eigenvalue weighted by Crippen LogP contribution is -1.96. The summed E-state index contributed by atoms with van der Waals surface area (Å²) < 4.78 is 2.41. The minimum Gasteiger partial charge on any atom is -0.309 e. The number of benzene rings is 5. The van der Waals surface area contributed by atoms with Crippen LogP contribution in [0.2, 0.25) is 0 Å². The Balaban J connectivity index is 1.62. The van der Waals surface area contributed by atoms with Crippen LogP contribution in [0.4, 0.5) is 0 Å². The molecular weight excluding hydrogens is 386 g/mol. The van der Waals surface area contributed by atoms with E-state index >= 15 is 0 Å². The fraction of sp³-hybridized carbons (Fsp3) is 0.0323. The second-order valence-corrected chi connectivity index (χ2v) is 8.34. The number of rotatable bonds is 3. The van der Waals surface area contributed by atoms with Crippen LogP contribution in [0.5, 0.6) is 0 Å². The number of nitrogens with zero attached hydrogens (tertiary/aromatic N) is 1. The summed E-state index contributed by atoms with van der Waals surface area (Å²) >= 11 is 0. The molecule has 0 amide bonds. The molecule has 0 saturated heterocycles. The average Bonchev–Trinajstić information content (AvgIpc) is 3.19. The Morgan fingerprint density at radius 3 is 1.97 bits per heavy atom. The molecule has 0 aliphatic carbocycles. The maximum atomic E-state index is 2.41. The molecule has 32 heavy (non-hydrogen) atoms. The van der Waals surface area contributed by atoms with Gasteiger partial charge in [-0.05, 0) is 47.4 Å². The molecule has 0 radical (unpaired) electrons. The molecule has 1 aromatic heterocycles. The summed E-state index contributed by atoms with van der Waals surface area (Å²) in [7, 11) is 0. The quantitative estimate of drug-likeness (QED) is 0.276. The molecule has 0 unspecified atom stereocenters. The largest absolute Gasteiger partial charge is 0.309 e.